The first-order valence-corrected chi connectivity index (χ1v) is 10.0. The second-order valence-electron chi connectivity index (χ2n) is 6.76. The number of unbranched alkanes of at least 4 members (excludes halogenated alkanes) is 1. The highest BCUT2D eigenvalue weighted by Crippen LogP contribution is 2.37. The van der Waals surface area contributed by atoms with Crippen molar-refractivity contribution in [3.63, 3.8) is 0 Å². The third-order valence-corrected chi connectivity index (χ3v) is 6.22. The van der Waals surface area contributed by atoms with E-state index in [-0.39, 0.29) is 0 Å². The summed E-state index contributed by atoms with van der Waals surface area (Å²) in [4.78, 5) is 15.9. The molecule has 24 heavy (non-hydrogen) atoms. The van der Waals surface area contributed by atoms with Crippen molar-refractivity contribution in [2.24, 2.45) is 0 Å². The Kier molecular flexibility index (Phi) is 6.22. The Bertz CT molecular complexity index is 604. The molecular weight excluding hydrogens is 314 g/mol. The van der Waals surface area contributed by atoms with E-state index in [0.29, 0.717) is 0 Å². The first-order valence-electron chi connectivity index (χ1n) is 9.14. The molecule has 2 nitrogen and oxygen atoms in total. The fourth-order valence-electron chi connectivity index (χ4n) is 3.81. The van der Waals surface area contributed by atoms with Crippen LogP contribution < -0.4 is 0 Å². The number of thiophene rings is 1. The molecule has 128 valence electrons. The predicted molar refractivity (Wildman–Crippen MR) is 101 cm³/mol. The molecule has 3 heteroatoms. The van der Waals surface area contributed by atoms with Crippen LogP contribution in [0, 0.1) is 0 Å². The molecule has 2 heterocycles. The maximum atomic E-state index is 12.3. The zero-order valence-electron chi connectivity index (χ0n) is 14.3. The molecule has 1 atom stereocenters. The van der Waals surface area contributed by atoms with Crippen molar-refractivity contribution in [3.05, 3.63) is 58.3 Å². The Hall–Kier alpha value is -1.45. The zero-order chi connectivity index (χ0) is 16.7. The Morgan fingerprint density at radius 1 is 1.00 bits per heavy atom. The van der Waals surface area contributed by atoms with E-state index in [2.05, 4.69) is 52.7 Å². The van der Waals surface area contributed by atoms with Crippen LogP contribution in [0.25, 0.3) is 0 Å². The number of piperidine rings is 1. The summed E-state index contributed by atoms with van der Waals surface area (Å²) < 4.78 is 0. The molecule has 0 radical (unpaired) electrons. The number of rotatable bonds is 8. The van der Waals surface area contributed by atoms with E-state index < -0.39 is 5.54 Å². The lowest BCUT2D eigenvalue weighted by atomic mass is 9.87. The van der Waals surface area contributed by atoms with Crippen molar-refractivity contribution in [2.45, 2.75) is 50.5 Å². The van der Waals surface area contributed by atoms with Gasteiger partial charge in [0, 0.05) is 4.88 Å². The molecule has 0 aliphatic carbocycles. The first-order chi connectivity index (χ1) is 11.8. The van der Waals surface area contributed by atoms with Gasteiger partial charge in [-0.2, -0.15) is 0 Å². The topological polar surface area (TPSA) is 20.3 Å². The molecule has 2 aromatic rings. The lowest BCUT2D eigenvalue weighted by Gasteiger charge is -2.42. The lowest BCUT2D eigenvalue weighted by Crippen LogP contribution is -2.49. The predicted octanol–water partition coefficient (Wildman–Crippen LogP) is 5.04. The number of hydrogen-bond donors (Lipinski definition) is 0. The summed E-state index contributed by atoms with van der Waals surface area (Å²) in [5.74, 6) is 0. The Morgan fingerprint density at radius 3 is 2.46 bits per heavy atom. The van der Waals surface area contributed by atoms with Crippen molar-refractivity contribution < 1.29 is 4.79 Å². The standard InChI is InChI=1S/C21H27NOS/c23-18-21(20-13-9-17-24-20,22-15-7-2-8-16-22)14-6-5-12-19-10-3-1-4-11-19/h1,3-4,9-11,13,17-18H,2,5-8,12,14-16H2. The normalized spacial score (nSPS) is 18.2. The van der Waals surface area contributed by atoms with Crippen molar-refractivity contribution in [1.82, 2.24) is 4.90 Å². The van der Waals surface area contributed by atoms with Crippen molar-refractivity contribution in [1.29, 1.82) is 0 Å². The monoisotopic (exact) mass is 341 g/mol. The summed E-state index contributed by atoms with van der Waals surface area (Å²) in [7, 11) is 0. The molecule has 1 aromatic heterocycles. The number of benzene rings is 1. The number of carbonyl (C=O) groups excluding carboxylic acids is 1. The van der Waals surface area contributed by atoms with Crippen LogP contribution in [-0.4, -0.2) is 24.3 Å². The summed E-state index contributed by atoms with van der Waals surface area (Å²) in [6, 6.07) is 14.9. The van der Waals surface area contributed by atoms with E-state index in [1.165, 1.54) is 36.0 Å². The summed E-state index contributed by atoms with van der Waals surface area (Å²) in [5, 5.41) is 2.10. The van der Waals surface area contributed by atoms with Crippen LogP contribution in [0.3, 0.4) is 0 Å². The number of hydrogen-bond acceptors (Lipinski definition) is 3. The number of nitrogens with zero attached hydrogens (tertiary/aromatic N) is 1. The Labute approximate surface area is 149 Å². The van der Waals surface area contributed by atoms with Crippen LogP contribution in [0.1, 0.15) is 49.0 Å². The molecule has 1 fully saturated rings. The van der Waals surface area contributed by atoms with Gasteiger partial charge in [0.2, 0.25) is 0 Å². The molecule has 0 saturated carbocycles. The molecule has 1 saturated heterocycles. The van der Waals surface area contributed by atoms with E-state index in [9.17, 15) is 4.79 Å². The number of likely N-dealkylation sites (tertiary alicyclic amines) is 1. The minimum atomic E-state index is -0.398. The van der Waals surface area contributed by atoms with Gasteiger partial charge in [-0.3, -0.25) is 4.90 Å². The van der Waals surface area contributed by atoms with Crippen molar-refractivity contribution >= 4 is 17.6 Å². The molecule has 1 aliphatic rings. The summed E-state index contributed by atoms with van der Waals surface area (Å²) in [6.45, 7) is 2.10. The van der Waals surface area contributed by atoms with Crippen LogP contribution in [-0.2, 0) is 16.8 Å². The van der Waals surface area contributed by atoms with Gasteiger partial charge in [-0.15, -0.1) is 11.3 Å². The molecule has 0 amide bonds. The molecule has 0 spiro atoms. The second-order valence-corrected chi connectivity index (χ2v) is 7.71. The van der Waals surface area contributed by atoms with Gasteiger partial charge in [-0.1, -0.05) is 49.2 Å². The average Bonchev–Trinajstić information content (AvgIpc) is 3.19. The van der Waals surface area contributed by atoms with Crippen LogP contribution >= 0.6 is 11.3 Å². The van der Waals surface area contributed by atoms with E-state index in [0.717, 1.165) is 38.8 Å². The largest absolute Gasteiger partial charge is 0.301 e. The fraction of sp³-hybridized carbons (Fsp3) is 0.476. The van der Waals surface area contributed by atoms with Gasteiger partial charge < -0.3 is 4.79 Å². The minimum absolute atomic E-state index is 0.398. The highest BCUT2D eigenvalue weighted by Gasteiger charge is 2.39. The van der Waals surface area contributed by atoms with Gasteiger partial charge in [-0.25, -0.2) is 0 Å². The van der Waals surface area contributed by atoms with Gasteiger partial charge in [0.15, 0.2) is 0 Å². The van der Waals surface area contributed by atoms with E-state index >= 15 is 0 Å². The van der Waals surface area contributed by atoms with Crippen LogP contribution in [0.5, 0.6) is 0 Å². The Morgan fingerprint density at radius 2 is 1.79 bits per heavy atom. The van der Waals surface area contributed by atoms with Crippen LogP contribution in [0.15, 0.2) is 47.8 Å². The van der Waals surface area contributed by atoms with Gasteiger partial charge in [0.05, 0.1) is 0 Å². The highest BCUT2D eigenvalue weighted by molar-refractivity contribution is 7.10. The lowest BCUT2D eigenvalue weighted by molar-refractivity contribution is -0.120. The van der Waals surface area contributed by atoms with Gasteiger partial charge >= 0.3 is 0 Å². The Balaban J connectivity index is 1.66. The molecular formula is C21H27NOS. The second kappa shape index (κ2) is 8.59. The minimum Gasteiger partial charge on any atom is -0.301 e. The van der Waals surface area contributed by atoms with Gasteiger partial charge in [0.25, 0.3) is 0 Å². The highest BCUT2D eigenvalue weighted by atomic mass is 32.1. The third-order valence-electron chi connectivity index (χ3n) is 5.18. The van der Waals surface area contributed by atoms with E-state index in [4.69, 9.17) is 0 Å². The maximum absolute atomic E-state index is 12.3. The fourth-order valence-corrected chi connectivity index (χ4v) is 4.76. The van der Waals surface area contributed by atoms with E-state index in [1.54, 1.807) is 11.3 Å². The SMILES string of the molecule is O=CC(CCCCc1ccccc1)(c1cccs1)N1CCCCC1. The maximum Gasteiger partial charge on any atom is 0.145 e. The van der Waals surface area contributed by atoms with Crippen molar-refractivity contribution in [3.8, 4) is 0 Å². The van der Waals surface area contributed by atoms with Crippen LogP contribution in [0.4, 0.5) is 0 Å². The molecule has 1 unspecified atom stereocenters. The first kappa shape index (κ1) is 17.4. The van der Waals surface area contributed by atoms with Crippen molar-refractivity contribution in [2.75, 3.05) is 13.1 Å². The summed E-state index contributed by atoms with van der Waals surface area (Å²) in [6.07, 6.45) is 9.21. The van der Waals surface area contributed by atoms with Crippen LogP contribution in [0.2, 0.25) is 0 Å². The number of carbonyl (C=O) groups is 1. The quantitative estimate of drug-likeness (QED) is 0.495. The zero-order valence-corrected chi connectivity index (χ0v) is 15.1. The number of aldehydes is 1. The molecule has 1 aliphatic heterocycles. The molecule has 1 aromatic carbocycles. The number of aryl methyl sites for hydroxylation is 1. The molecule has 0 bridgehead atoms. The van der Waals surface area contributed by atoms with E-state index in [1.807, 2.05) is 0 Å². The summed E-state index contributed by atoms with van der Waals surface area (Å²) >= 11 is 1.73. The smallest absolute Gasteiger partial charge is 0.145 e. The molecule has 0 N–H and O–H groups in total. The third kappa shape index (κ3) is 3.96. The van der Waals surface area contributed by atoms with Gasteiger partial charge in [0.1, 0.15) is 11.8 Å². The molecule has 3 rings (SSSR count). The summed E-state index contributed by atoms with van der Waals surface area (Å²) in [5.41, 5.74) is 0.994. The average molecular weight is 342 g/mol. The van der Waals surface area contributed by atoms with Gasteiger partial charge in [-0.05, 0) is 62.2 Å².